The minimum atomic E-state index is -0.246. The predicted octanol–water partition coefficient (Wildman–Crippen LogP) is 4.50. The van der Waals surface area contributed by atoms with Crippen molar-refractivity contribution in [2.24, 2.45) is 0 Å². The SMILES string of the molecule is COc1ccc(NC(=S)Nc2c(C)nn(Cc3ccc(F)cc3)c2C)cc1. The lowest BCUT2D eigenvalue weighted by molar-refractivity contribution is 0.415. The third-order valence-corrected chi connectivity index (χ3v) is 4.42. The molecular formula is C20H21FN4OS. The van der Waals surface area contributed by atoms with Gasteiger partial charge in [0.05, 0.1) is 30.7 Å². The van der Waals surface area contributed by atoms with Crippen LogP contribution < -0.4 is 15.4 Å². The number of nitrogens with zero attached hydrogens (tertiary/aromatic N) is 2. The van der Waals surface area contributed by atoms with Crippen LogP contribution in [-0.4, -0.2) is 22.0 Å². The normalized spacial score (nSPS) is 10.5. The van der Waals surface area contributed by atoms with Gasteiger partial charge in [0.1, 0.15) is 11.6 Å². The highest BCUT2D eigenvalue weighted by Crippen LogP contribution is 2.21. The van der Waals surface area contributed by atoms with Gasteiger partial charge in [-0.25, -0.2) is 4.39 Å². The second-order valence-corrected chi connectivity index (χ2v) is 6.55. The smallest absolute Gasteiger partial charge is 0.175 e. The molecular weight excluding hydrogens is 363 g/mol. The molecule has 3 rings (SSSR count). The summed E-state index contributed by atoms with van der Waals surface area (Å²) >= 11 is 5.42. The van der Waals surface area contributed by atoms with Crippen molar-refractivity contribution in [2.75, 3.05) is 17.7 Å². The number of aryl methyl sites for hydroxylation is 1. The number of thiocarbonyl (C=S) groups is 1. The lowest BCUT2D eigenvalue weighted by Gasteiger charge is -2.12. The van der Waals surface area contributed by atoms with Crippen LogP contribution in [0.4, 0.5) is 15.8 Å². The van der Waals surface area contributed by atoms with Gasteiger partial charge in [-0.05, 0) is 68.0 Å². The van der Waals surface area contributed by atoms with E-state index in [1.807, 2.05) is 42.8 Å². The largest absolute Gasteiger partial charge is 0.497 e. The van der Waals surface area contributed by atoms with Crippen molar-refractivity contribution < 1.29 is 9.13 Å². The Bertz CT molecular complexity index is 936. The van der Waals surface area contributed by atoms with Crippen LogP contribution in [0.1, 0.15) is 17.0 Å². The number of anilines is 2. The maximum atomic E-state index is 13.1. The van der Waals surface area contributed by atoms with Crippen molar-refractivity contribution in [2.45, 2.75) is 20.4 Å². The van der Waals surface area contributed by atoms with E-state index in [-0.39, 0.29) is 5.82 Å². The Kier molecular flexibility index (Phi) is 5.71. The fourth-order valence-corrected chi connectivity index (χ4v) is 2.96. The van der Waals surface area contributed by atoms with Crippen molar-refractivity contribution in [1.82, 2.24) is 9.78 Å². The Labute approximate surface area is 163 Å². The minimum Gasteiger partial charge on any atom is -0.497 e. The molecule has 140 valence electrons. The van der Waals surface area contributed by atoms with Crippen molar-refractivity contribution in [3.05, 3.63) is 71.3 Å². The van der Waals surface area contributed by atoms with Crippen molar-refractivity contribution >= 4 is 28.7 Å². The first kappa shape index (κ1) is 18.8. The van der Waals surface area contributed by atoms with Crippen molar-refractivity contribution in [3.63, 3.8) is 0 Å². The molecule has 3 aromatic rings. The summed E-state index contributed by atoms with van der Waals surface area (Å²) in [6, 6.07) is 13.9. The number of ether oxygens (including phenoxy) is 1. The molecule has 27 heavy (non-hydrogen) atoms. The second-order valence-electron chi connectivity index (χ2n) is 6.14. The van der Waals surface area contributed by atoms with Gasteiger partial charge in [0.15, 0.2) is 5.11 Å². The van der Waals surface area contributed by atoms with Crippen LogP contribution in [0.3, 0.4) is 0 Å². The lowest BCUT2D eigenvalue weighted by atomic mass is 10.2. The number of nitrogens with one attached hydrogen (secondary N) is 2. The van der Waals surface area contributed by atoms with Crippen LogP contribution in [0.2, 0.25) is 0 Å². The van der Waals surface area contributed by atoms with Crippen LogP contribution in [-0.2, 0) is 6.54 Å². The molecule has 0 atom stereocenters. The van der Waals surface area contributed by atoms with Gasteiger partial charge in [-0.1, -0.05) is 12.1 Å². The van der Waals surface area contributed by atoms with Gasteiger partial charge in [-0.2, -0.15) is 5.10 Å². The van der Waals surface area contributed by atoms with E-state index in [4.69, 9.17) is 17.0 Å². The van der Waals surface area contributed by atoms with Crippen LogP contribution in [0.25, 0.3) is 0 Å². The highest BCUT2D eigenvalue weighted by molar-refractivity contribution is 7.80. The van der Waals surface area contributed by atoms with Gasteiger partial charge < -0.3 is 15.4 Å². The summed E-state index contributed by atoms with van der Waals surface area (Å²) in [7, 11) is 1.63. The Morgan fingerprint density at radius 2 is 1.74 bits per heavy atom. The van der Waals surface area contributed by atoms with Crippen molar-refractivity contribution in [1.29, 1.82) is 0 Å². The molecule has 0 aliphatic heterocycles. The van der Waals surface area contributed by atoms with E-state index < -0.39 is 0 Å². The number of benzene rings is 2. The molecule has 0 bridgehead atoms. The topological polar surface area (TPSA) is 51.1 Å². The maximum absolute atomic E-state index is 13.1. The molecule has 0 saturated heterocycles. The van der Waals surface area contributed by atoms with Crippen LogP contribution in [0.15, 0.2) is 48.5 Å². The molecule has 0 unspecified atom stereocenters. The lowest BCUT2D eigenvalue weighted by Crippen LogP contribution is -2.20. The zero-order valence-corrected chi connectivity index (χ0v) is 16.2. The Hall–Kier alpha value is -2.93. The van der Waals surface area contributed by atoms with Crippen LogP contribution in [0, 0.1) is 19.7 Å². The van der Waals surface area contributed by atoms with Gasteiger partial charge in [-0.15, -0.1) is 0 Å². The summed E-state index contributed by atoms with van der Waals surface area (Å²) in [4.78, 5) is 0. The average Bonchev–Trinajstić information content (AvgIpc) is 2.91. The summed E-state index contributed by atoms with van der Waals surface area (Å²) in [5.41, 5.74) is 4.50. The monoisotopic (exact) mass is 384 g/mol. The van der Waals surface area contributed by atoms with E-state index in [9.17, 15) is 4.39 Å². The molecule has 7 heteroatoms. The van der Waals surface area contributed by atoms with E-state index in [2.05, 4.69) is 15.7 Å². The molecule has 0 saturated carbocycles. The minimum absolute atomic E-state index is 0.246. The number of methoxy groups -OCH3 is 1. The molecule has 0 amide bonds. The first-order chi connectivity index (χ1) is 13.0. The first-order valence-corrected chi connectivity index (χ1v) is 8.87. The summed E-state index contributed by atoms with van der Waals surface area (Å²) in [6.07, 6.45) is 0. The fourth-order valence-electron chi connectivity index (χ4n) is 2.74. The van der Waals surface area contributed by atoms with Crippen LogP contribution in [0.5, 0.6) is 5.75 Å². The third-order valence-electron chi connectivity index (χ3n) is 4.21. The van der Waals surface area contributed by atoms with Gasteiger partial charge >= 0.3 is 0 Å². The van der Waals surface area contributed by atoms with Gasteiger partial charge in [-0.3, -0.25) is 4.68 Å². The van der Waals surface area contributed by atoms with E-state index in [1.54, 1.807) is 19.2 Å². The zero-order chi connectivity index (χ0) is 19.4. The Balaban J connectivity index is 1.69. The van der Waals surface area contributed by atoms with E-state index in [0.717, 1.165) is 34.1 Å². The summed E-state index contributed by atoms with van der Waals surface area (Å²) in [5, 5.41) is 11.4. The fraction of sp³-hybridized carbons (Fsp3) is 0.200. The number of aromatic nitrogens is 2. The molecule has 0 radical (unpaired) electrons. The predicted molar refractivity (Wildman–Crippen MR) is 110 cm³/mol. The molecule has 1 heterocycles. The second kappa shape index (κ2) is 8.18. The van der Waals surface area contributed by atoms with Gasteiger partial charge in [0.2, 0.25) is 0 Å². The molecule has 0 aliphatic carbocycles. The summed E-state index contributed by atoms with van der Waals surface area (Å²) in [5.74, 6) is 0.539. The molecule has 0 fully saturated rings. The Morgan fingerprint density at radius 3 is 2.37 bits per heavy atom. The highest BCUT2D eigenvalue weighted by Gasteiger charge is 2.13. The average molecular weight is 384 g/mol. The first-order valence-electron chi connectivity index (χ1n) is 8.47. The molecule has 1 aromatic heterocycles. The molecule has 0 aliphatic rings. The highest BCUT2D eigenvalue weighted by atomic mass is 32.1. The quantitative estimate of drug-likeness (QED) is 0.634. The van der Waals surface area contributed by atoms with E-state index in [1.165, 1.54) is 12.1 Å². The third kappa shape index (κ3) is 4.62. The molecule has 5 nitrogen and oxygen atoms in total. The van der Waals surface area contributed by atoms with Crippen molar-refractivity contribution in [3.8, 4) is 5.75 Å². The van der Waals surface area contributed by atoms with E-state index in [0.29, 0.717) is 11.7 Å². The maximum Gasteiger partial charge on any atom is 0.175 e. The summed E-state index contributed by atoms with van der Waals surface area (Å²) < 4.78 is 20.1. The van der Waals surface area contributed by atoms with Gasteiger partial charge in [0, 0.05) is 5.69 Å². The molecule has 2 aromatic carbocycles. The number of hydrogen-bond donors (Lipinski definition) is 2. The zero-order valence-electron chi connectivity index (χ0n) is 15.4. The molecule has 0 spiro atoms. The van der Waals surface area contributed by atoms with Crippen LogP contribution >= 0.6 is 12.2 Å². The standard InChI is InChI=1S/C20H21FN4OS/c1-13-19(23-20(27)22-17-8-10-18(26-3)11-9-17)14(2)25(24-13)12-15-4-6-16(21)7-5-15/h4-11H,12H2,1-3H3,(H2,22,23,27). The summed E-state index contributed by atoms with van der Waals surface area (Å²) in [6.45, 7) is 4.46. The number of halogens is 1. The van der Waals surface area contributed by atoms with Gasteiger partial charge in [0.25, 0.3) is 0 Å². The number of hydrogen-bond acceptors (Lipinski definition) is 3. The Morgan fingerprint density at radius 1 is 1.07 bits per heavy atom. The van der Waals surface area contributed by atoms with E-state index >= 15 is 0 Å². The molecule has 2 N–H and O–H groups in total. The number of rotatable bonds is 5.